The highest BCUT2D eigenvalue weighted by atomic mass is 32.2. The summed E-state index contributed by atoms with van der Waals surface area (Å²) < 4.78 is 37.9. The molecule has 0 radical (unpaired) electrons. The van der Waals surface area contributed by atoms with E-state index in [1.807, 2.05) is 4.90 Å². The van der Waals surface area contributed by atoms with Crippen molar-refractivity contribution in [3.63, 3.8) is 0 Å². The van der Waals surface area contributed by atoms with Crippen LogP contribution in [0, 0.1) is 5.92 Å². The maximum Gasteiger partial charge on any atom is 0.256 e. The largest absolute Gasteiger partial charge is 0.350 e. The van der Waals surface area contributed by atoms with Crippen LogP contribution in [0.25, 0.3) is 0 Å². The number of amides is 1. The fraction of sp³-hybridized carbons (Fsp3) is 0.625. The summed E-state index contributed by atoms with van der Waals surface area (Å²) in [6, 6.07) is 0. The normalized spacial score (nSPS) is 27.0. The molecule has 0 aromatic rings. The van der Waals surface area contributed by atoms with Gasteiger partial charge in [0.15, 0.2) is 6.29 Å². The van der Waals surface area contributed by atoms with Gasteiger partial charge in [-0.25, -0.2) is 8.42 Å². The number of sulfonamides is 1. The smallest absolute Gasteiger partial charge is 0.256 e. The van der Waals surface area contributed by atoms with Gasteiger partial charge in [0, 0.05) is 31.8 Å². The first kappa shape index (κ1) is 16.7. The lowest BCUT2D eigenvalue weighted by molar-refractivity contribution is -0.132. The van der Waals surface area contributed by atoms with Crippen molar-refractivity contribution >= 4 is 21.8 Å². The first-order chi connectivity index (χ1) is 12.0. The van der Waals surface area contributed by atoms with Crippen molar-refractivity contribution in [3.05, 3.63) is 23.9 Å². The van der Waals surface area contributed by atoms with Crippen LogP contribution in [0.3, 0.4) is 0 Å². The Morgan fingerprint density at radius 1 is 1.12 bits per heavy atom. The molecule has 2 saturated heterocycles. The molecule has 0 aliphatic carbocycles. The molecule has 4 heterocycles. The van der Waals surface area contributed by atoms with Gasteiger partial charge in [-0.1, -0.05) is 0 Å². The standard InChI is InChI=1S/C16H21N3O5S/c20-15(18-5-3-12(4-6-18)16-23-8-9-24-16)13-1-2-14-17-25(21,22)10-7-19(14)11-13/h1-2,11-12,16H,3-10H2. The monoisotopic (exact) mass is 367 g/mol. The molecular weight excluding hydrogens is 346 g/mol. The first-order valence-electron chi connectivity index (χ1n) is 8.53. The minimum absolute atomic E-state index is 0.0320. The zero-order chi connectivity index (χ0) is 17.4. The van der Waals surface area contributed by atoms with E-state index in [1.54, 1.807) is 23.3 Å². The van der Waals surface area contributed by atoms with Crippen LogP contribution in [0.4, 0.5) is 0 Å². The van der Waals surface area contributed by atoms with E-state index in [-0.39, 0.29) is 18.0 Å². The number of hydrogen-bond acceptors (Lipinski definition) is 6. The molecule has 0 atom stereocenters. The molecule has 0 saturated carbocycles. The molecular formula is C16H21N3O5S. The zero-order valence-electron chi connectivity index (χ0n) is 13.8. The summed E-state index contributed by atoms with van der Waals surface area (Å²) in [5, 5.41) is 0. The minimum atomic E-state index is -3.38. The third-order valence-electron chi connectivity index (χ3n) is 4.93. The Morgan fingerprint density at radius 2 is 1.84 bits per heavy atom. The van der Waals surface area contributed by atoms with E-state index < -0.39 is 10.0 Å². The molecule has 0 spiro atoms. The highest BCUT2D eigenvalue weighted by molar-refractivity contribution is 7.90. The first-order valence-corrected chi connectivity index (χ1v) is 10.1. The van der Waals surface area contributed by atoms with Gasteiger partial charge in [-0.05, 0) is 25.0 Å². The second-order valence-corrected chi connectivity index (χ2v) is 8.34. The number of carbonyl (C=O) groups is 1. The Bertz CT molecular complexity index is 744. The number of fused-ring (bicyclic) bond motifs is 1. The topological polar surface area (TPSA) is 88.5 Å². The number of ether oxygens (including phenoxy) is 2. The molecule has 4 aliphatic rings. The lowest BCUT2D eigenvalue weighted by Gasteiger charge is -2.35. The van der Waals surface area contributed by atoms with Crippen LogP contribution in [-0.2, 0) is 24.3 Å². The Morgan fingerprint density at radius 3 is 2.56 bits per heavy atom. The van der Waals surface area contributed by atoms with Crippen LogP contribution < -0.4 is 0 Å². The summed E-state index contributed by atoms with van der Waals surface area (Å²) in [4.78, 5) is 16.3. The van der Waals surface area contributed by atoms with Gasteiger partial charge in [0.05, 0.1) is 24.5 Å². The summed E-state index contributed by atoms with van der Waals surface area (Å²) in [7, 11) is -3.38. The molecule has 136 valence electrons. The third-order valence-corrected chi connectivity index (χ3v) is 6.09. The van der Waals surface area contributed by atoms with E-state index >= 15 is 0 Å². The average molecular weight is 367 g/mol. The van der Waals surface area contributed by atoms with Crippen LogP contribution in [0.2, 0.25) is 0 Å². The highest BCUT2D eigenvalue weighted by Crippen LogP contribution is 2.27. The van der Waals surface area contributed by atoms with Gasteiger partial charge in [0.2, 0.25) is 0 Å². The maximum atomic E-state index is 12.7. The van der Waals surface area contributed by atoms with Crippen molar-refractivity contribution in [1.29, 1.82) is 0 Å². The van der Waals surface area contributed by atoms with Crippen molar-refractivity contribution < 1.29 is 22.7 Å². The number of carbonyl (C=O) groups excluding carboxylic acids is 1. The van der Waals surface area contributed by atoms with E-state index in [9.17, 15) is 13.2 Å². The summed E-state index contributed by atoms with van der Waals surface area (Å²) in [5.74, 6) is 0.649. The van der Waals surface area contributed by atoms with Gasteiger partial charge in [-0.2, -0.15) is 0 Å². The van der Waals surface area contributed by atoms with Crippen LogP contribution in [0.1, 0.15) is 12.8 Å². The van der Waals surface area contributed by atoms with Crippen LogP contribution in [0.15, 0.2) is 28.3 Å². The molecule has 4 rings (SSSR count). The maximum absolute atomic E-state index is 12.7. The molecule has 9 heteroatoms. The van der Waals surface area contributed by atoms with E-state index in [1.165, 1.54) is 0 Å². The quantitative estimate of drug-likeness (QED) is 0.688. The summed E-state index contributed by atoms with van der Waals surface area (Å²) in [6.45, 7) is 2.97. The summed E-state index contributed by atoms with van der Waals surface area (Å²) in [6.07, 6.45) is 6.54. The van der Waals surface area contributed by atoms with Gasteiger partial charge >= 0.3 is 0 Å². The second-order valence-electron chi connectivity index (χ2n) is 6.59. The molecule has 0 unspecified atom stereocenters. The molecule has 0 bridgehead atoms. The van der Waals surface area contributed by atoms with Crippen LogP contribution >= 0.6 is 0 Å². The molecule has 1 amide bonds. The van der Waals surface area contributed by atoms with E-state index in [0.29, 0.717) is 50.2 Å². The molecule has 2 fully saturated rings. The number of rotatable bonds is 2. The van der Waals surface area contributed by atoms with Gasteiger partial charge in [-0.15, -0.1) is 4.40 Å². The fourth-order valence-electron chi connectivity index (χ4n) is 3.53. The Kier molecular flexibility index (Phi) is 4.38. The number of piperidine rings is 1. The van der Waals surface area contributed by atoms with E-state index in [0.717, 1.165) is 12.8 Å². The minimum Gasteiger partial charge on any atom is -0.350 e. The number of nitrogens with zero attached hydrogens (tertiary/aromatic N) is 3. The Hall–Kier alpha value is -1.71. The highest BCUT2D eigenvalue weighted by Gasteiger charge is 2.33. The van der Waals surface area contributed by atoms with Crippen molar-refractivity contribution in [2.45, 2.75) is 19.1 Å². The van der Waals surface area contributed by atoms with Crippen molar-refractivity contribution in [2.75, 3.05) is 38.6 Å². The molecule has 0 N–H and O–H groups in total. The van der Waals surface area contributed by atoms with Gasteiger partial charge in [0.25, 0.3) is 15.9 Å². The molecule has 8 nitrogen and oxygen atoms in total. The van der Waals surface area contributed by atoms with Crippen LogP contribution in [0.5, 0.6) is 0 Å². The van der Waals surface area contributed by atoms with Crippen LogP contribution in [-0.4, -0.2) is 74.9 Å². The SMILES string of the molecule is O=C(C1=CN2CCS(=O)(=O)N=C2C=C1)N1CCC(C2OCCO2)CC1. The van der Waals surface area contributed by atoms with E-state index in [2.05, 4.69) is 4.40 Å². The molecule has 0 aromatic carbocycles. The summed E-state index contributed by atoms with van der Waals surface area (Å²) >= 11 is 0. The second kappa shape index (κ2) is 6.54. The van der Waals surface area contributed by atoms with Gasteiger partial charge < -0.3 is 19.3 Å². The average Bonchev–Trinajstić information content (AvgIpc) is 3.15. The lowest BCUT2D eigenvalue weighted by Crippen LogP contribution is -2.43. The fourth-order valence-corrected chi connectivity index (χ4v) is 4.50. The molecule has 4 aliphatic heterocycles. The zero-order valence-corrected chi connectivity index (χ0v) is 14.7. The van der Waals surface area contributed by atoms with Crippen molar-refractivity contribution in [3.8, 4) is 0 Å². The van der Waals surface area contributed by atoms with Crippen molar-refractivity contribution in [1.82, 2.24) is 9.80 Å². The van der Waals surface area contributed by atoms with E-state index in [4.69, 9.17) is 9.47 Å². The summed E-state index contributed by atoms with van der Waals surface area (Å²) in [5.41, 5.74) is 0.560. The van der Waals surface area contributed by atoms with Crippen molar-refractivity contribution in [2.24, 2.45) is 10.3 Å². The molecule has 0 aromatic heterocycles. The third kappa shape index (κ3) is 3.49. The lowest BCUT2D eigenvalue weighted by atomic mass is 9.95. The Labute approximate surface area is 146 Å². The predicted molar refractivity (Wildman–Crippen MR) is 90.1 cm³/mol. The van der Waals surface area contributed by atoms with Gasteiger partial charge in [0.1, 0.15) is 5.84 Å². The number of likely N-dealkylation sites (tertiary alicyclic amines) is 1. The number of hydrogen-bond donors (Lipinski definition) is 0. The van der Waals surface area contributed by atoms with Gasteiger partial charge in [-0.3, -0.25) is 4.79 Å². The molecule has 25 heavy (non-hydrogen) atoms. The Balaban J connectivity index is 1.39. The predicted octanol–water partition coefficient (Wildman–Crippen LogP) is 0.0955. The number of amidine groups is 1.